The van der Waals surface area contributed by atoms with Gasteiger partial charge in [0.2, 0.25) is 0 Å². The topological polar surface area (TPSA) is 17.1 Å². The van der Waals surface area contributed by atoms with Crippen LogP contribution in [0.3, 0.4) is 0 Å². The Hall–Kier alpha value is 0.150. The van der Waals surface area contributed by atoms with Gasteiger partial charge in [0.25, 0.3) is 0 Å². The van der Waals surface area contributed by atoms with E-state index >= 15 is 0 Å². The Morgan fingerprint density at radius 3 is 2.00 bits per heavy atom. The van der Waals surface area contributed by atoms with Gasteiger partial charge < -0.3 is 0 Å². The molecule has 0 radical (unpaired) electrons. The van der Waals surface area contributed by atoms with Crippen LogP contribution >= 0.6 is 15.9 Å². The highest BCUT2D eigenvalue weighted by Gasteiger charge is 2.30. The molecule has 1 nitrogen and oxygen atoms in total. The predicted molar refractivity (Wildman–Crippen MR) is 70.8 cm³/mol. The lowest BCUT2D eigenvalue weighted by Gasteiger charge is -2.30. The molecule has 2 saturated carbocycles. The first-order valence-electron chi connectivity index (χ1n) is 6.91. The summed E-state index contributed by atoms with van der Waals surface area (Å²) in [5, 5.41) is 1.12. The monoisotopic (exact) mass is 286 g/mol. The van der Waals surface area contributed by atoms with Crippen LogP contribution in [0.4, 0.5) is 0 Å². The van der Waals surface area contributed by atoms with Crippen molar-refractivity contribution in [3.05, 3.63) is 0 Å². The van der Waals surface area contributed by atoms with Gasteiger partial charge in [0.1, 0.15) is 5.78 Å². The molecule has 0 amide bonds. The lowest BCUT2D eigenvalue weighted by atomic mass is 9.74. The van der Waals surface area contributed by atoms with Crippen LogP contribution < -0.4 is 0 Å². The van der Waals surface area contributed by atoms with E-state index < -0.39 is 0 Å². The minimum Gasteiger partial charge on any atom is -0.299 e. The number of hydrogen-bond acceptors (Lipinski definition) is 1. The van der Waals surface area contributed by atoms with Crippen LogP contribution in [0.5, 0.6) is 0 Å². The molecule has 0 bridgehead atoms. The highest BCUT2D eigenvalue weighted by molar-refractivity contribution is 9.09. The number of carbonyl (C=O) groups is 1. The van der Waals surface area contributed by atoms with Crippen molar-refractivity contribution < 1.29 is 4.79 Å². The number of halogens is 1. The Kier molecular flexibility index (Phi) is 4.87. The summed E-state index contributed by atoms with van der Waals surface area (Å²) in [5.41, 5.74) is 0. The maximum absolute atomic E-state index is 12.3. The second-order valence-electron chi connectivity index (χ2n) is 5.61. The maximum atomic E-state index is 12.3. The highest BCUT2D eigenvalue weighted by atomic mass is 79.9. The number of hydrogen-bond donors (Lipinski definition) is 0. The van der Waals surface area contributed by atoms with E-state index in [1.807, 2.05) is 0 Å². The Labute approximate surface area is 108 Å². The molecular formula is C14H23BrO. The molecule has 2 heteroatoms. The molecule has 0 atom stereocenters. The third-order valence-electron chi connectivity index (χ3n) is 4.47. The van der Waals surface area contributed by atoms with Crippen molar-refractivity contribution in [1.29, 1.82) is 0 Å². The zero-order valence-corrected chi connectivity index (χ0v) is 11.7. The van der Waals surface area contributed by atoms with E-state index in [-0.39, 0.29) is 0 Å². The largest absolute Gasteiger partial charge is 0.299 e. The van der Waals surface area contributed by atoms with Gasteiger partial charge in [-0.3, -0.25) is 4.79 Å². The highest BCUT2D eigenvalue weighted by Crippen LogP contribution is 2.35. The van der Waals surface area contributed by atoms with E-state index in [0.717, 1.165) is 24.1 Å². The SMILES string of the molecule is O=C(C1CCCCC1)C1CCC(CBr)CC1. The summed E-state index contributed by atoms with van der Waals surface area (Å²) < 4.78 is 0. The van der Waals surface area contributed by atoms with Crippen molar-refractivity contribution in [2.24, 2.45) is 17.8 Å². The summed E-state index contributed by atoms with van der Waals surface area (Å²) in [6, 6.07) is 0. The number of ketones is 1. The van der Waals surface area contributed by atoms with E-state index in [9.17, 15) is 4.79 Å². The van der Waals surface area contributed by atoms with Gasteiger partial charge in [-0.15, -0.1) is 0 Å². The van der Waals surface area contributed by atoms with Gasteiger partial charge in [0.05, 0.1) is 0 Å². The second-order valence-corrected chi connectivity index (χ2v) is 6.26. The summed E-state index contributed by atoms with van der Waals surface area (Å²) in [7, 11) is 0. The number of Topliss-reactive ketones (excluding diaryl/α,β-unsaturated/α-hetero) is 1. The molecule has 0 aliphatic heterocycles. The Morgan fingerprint density at radius 1 is 0.875 bits per heavy atom. The van der Waals surface area contributed by atoms with Gasteiger partial charge in [0, 0.05) is 17.2 Å². The summed E-state index contributed by atoms with van der Waals surface area (Å²) in [6.07, 6.45) is 11.1. The van der Waals surface area contributed by atoms with Crippen LogP contribution in [0.25, 0.3) is 0 Å². The predicted octanol–water partition coefficient (Wildman–Crippen LogP) is 4.34. The van der Waals surface area contributed by atoms with Gasteiger partial charge in [-0.1, -0.05) is 35.2 Å². The first kappa shape index (κ1) is 12.6. The Bertz CT molecular complexity index is 225. The van der Waals surface area contributed by atoms with Crippen molar-refractivity contribution in [2.45, 2.75) is 57.8 Å². The zero-order valence-electron chi connectivity index (χ0n) is 10.1. The first-order valence-corrected chi connectivity index (χ1v) is 8.03. The molecule has 0 unspecified atom stereocenters. The molecule has 2 fully saturated rings. The molecule has 2 rings (SSSR count). The third-order valence-corrected chi connectivity index (χ3v) is 5.39. The molecule has 0 aromatic carbocycles. The molecule has 0 aromatic heterocycles. The van der Waals surface area contributed by atoms with Gasteiger partial charge in [0.15, 0.2) is 0 Å². The van der Waals surface area contributed by atoms with E-state index in [4.69, 9.17) is 0 Å². The van der Waals surface area contributed by atoms with Crippen molar-refractivity contribution in [3.63, 3.8) is 0 Å². The molecule has 16 heavy (non-hydrogen) atoms. The minimum atomic E-state index is 0.415. The Morgan fingerprint density at radius 2 is 1.44 bits per heavy atom. The first-order chi connectivity index (χ1) is 7.81. The molecule has 0 N–H and O–H groups in total. The van der Waals surface area contributed by atoms with E-state index in [1.165, 1.54) is 44.9 Å². The number of carbonyl (C=O) groups excluding carboxylic acids is 1. The quantitative estimate of drug-likeness (QED) is 0.706. The van der Waals surface area contributed by atoms with E-state index in [0.29, 0.717) is 17.6 Å². The van der Waals surface area contributed by atoms with Crippen molar-refractivity contribution in [2.75, 3.05) is 5.33 Å². The summed E-state index contributed by atoms with van der Waals surface area (Å²) in [5.74, 6) is 2.29. The number of alkyl halides is 1. The van der Waals surface area contributed by atoms with E-state index in [1.54, 1.807) is 0 Å². The van der Waals surface area contributed by atoms with Crippen molar-refractivity contribution >= 4 is 21.7 Å². The van der Waals surface area contributed by atoms with Crippen LogP contribution in [0.15, 0.2) is 0 Å². The standard InChI is InChI=1S/C14H23BrO/c15-10-11-6-8-13(9-7-11)14(16)12-4-2-1-3-5-12/h11-13H,1-10H2. The summed E-state index contributed by atoms with van der Waals surface area (Å²) in [6.45, 7) is 0. The maximum Gasteiger partial charge on any atom is 0.139 e. The molecular weight excluding hydrogens is 264 g/mol. The molecule has 92 valence electrons. The molecule has 2 aliphatic rings. The summed E-state index contributed by atoms with van der Waals surface area (Å²) >= 11 is 3.56. The fraction of sp³-hybridized carbons (Fsp3) is 0.929. The third kappa shape index (κ3) is 3.09. The fourth-order valence-electron chi connectivity index (χ4n) is 3.32. The molecule has 0 spiro atoms. The lowest BCUT2D eigenvalue weighted by Crippen LogP contribution is -2.29. The van der Waals surface area contributed by atoms with E-state index in [2.05, 4.69) is 15.9 Å². The van der Waals surface area contributed by atoms with Crippen LogP contribution in [0.1, 0.15) is 57.8 Å². The zero-order chi connectivity index (χ0) is 11.4. The Balaban J connectivity index is 1.81. The fourth-order valence-corrected chi connectivity index (χ4v) is 3.97. The van der Waals surface area contributed by atoms with Crippen molar-refractivity contribution in [3.8, 4) is 0 Å². The average Bonchev–Trinajstić information content (AvgIpc) is 2.39. The molecule has 0 heterocycles. The van der Waals surface area contributed by atoms with Crippen molar-refractivity contribution in [1.82, 2.24) is 0 Å². The van der Waals surface area contributed by atoms with Gasteiger partial charge in [-0.05, 0) is 44.4 Å². The second kappa shape index (κ2) is 6.18. The molecule has 2 aliphatic carbocycles. The minimum absolute atomic E-state index is 0.415. The van der Waals surface area contributed by atoms with Gasteiger partial charge >= 0.3 is 0 Å². The number of rotatable bonds is 3. The lowest BCUT2D eigenvalue weighted by molar-refractivity contribution is -0.129. The average molecular weight is 287 g/mol. The van der Waals surface area contributed by atoms with Crippen LogP contribution in [-0.4, -0.2) is 11.1 Å². The van der Waals surface area contributed by atoms with Crippen LogP contribution in [-0.2, 0) is 4.79 Å². The van der Waals surface area contributed by atoms with Crippen LogP contribution in [0, 0.1) is 17.8 Å². The smallest absolute Gasteiger partial charge is 0.139 e. The summed E-state index contributed by atoms with van der Waals surface area (Å²) in [4.78, 5) is 12.3. The normalized spacial score (nSPS) is 32.6. The molecule has 0 aromatic rings. The van der Waals surface area contributed by atoms with Gasteiger partial charge in [-0.2, -0.15) is 0 Å². The van der Waals surface area contributed by atoms with Crippen LogP contribution in [0.2, 0.25) is 0 Å². The molecule has 0 saturated heterocycles. The van der Waals surface area contributed by atoms with Gasteiger partial charge in [-0.25, -0.2) is 0 Å².